The Hall–Kier alpha value is -3.17. The molecule has 1 atom stereocenters. The van der Waals surface area contributed by atoms with E-state index >= 15 is 0 Å². The van der Waals surface area contributed by atoms with Crippen LogP contribution in [0.4, 0.5) is 13.2 Å². The van der Waals surface area contributed by atoms with E-state index in [9.17, 15) is 26.4 Å². The lowest BCUT2D eigenvalue weighted by Crippen LogP contribution is -2.27. The highest BCUT2D eigenvalue weighted by Crippen LogP contribution is 2.32. The van der Waals surface area contributed by atoms with Crippen molar-refractivity contribution in [2.24, 2.45) is 0 Å². The first-order chi connectivity index (χ1) is 14.1. The number of rotatable bonds is 5. The van der Waals surface area contributed by atoms with Crippen LogP contribution in [0.2, 0.25) is 0 Å². The molecule has 0 saturated heterocycles. The van der Waals surface area contributed by atoms with Crippen molar-refractivity contribution in [2.45, 2.75) is 21.9 Å². The molecule has 0 aliphatic carbocycles. The largest absolute Gasteiger partial charge is 0.416 e. The first-order valence-electron chi connectivity index (χ1n) is 8.66. The topological polar surface area (TPSA) is 83.5 Å². The van der Waals surface area contributed by atoms with Crippen LogP contribution in [0.15, 0.2) is 88.7 Å². The summed E-state index contributed by atoms with van der Waals surface area (Å²) in [5.41, 5.74) is 1.49. The minimum Gasteiger partial charge on any atom is -0.289 e. The number of hydroxylamine groups is 1. The highest BCUT2D eigenvalue weighted by molar-refractivity contribution is 7.91. The molecule has 0 spiro atoms. The molecule has 0 aliphatic rings. The highest BCUT2D eigenvalue weighted by atomic mass is 32.2. The van der Waals surface area contributed by atoms with Crippen LogP contribution in [0.1, 0.15) is 22.6 Å². The van der Waals surface area contributed by atoms with Crippen molar-refractivity contribution in [1.82, 2.24) is 5.48 Å². The number of halogens is 3. The molecule has 5 nitrogen and oxygen atoms in total. The number of nitrogens with one attached hydrogen (secondary N) is 1. The molecule has 0 aromatic heterocycles. The van der Waals surface area contributed by atoms with Gasteiger partial charge in [-0.25, -0.2) is 13.9 Å². The molecule has 3 aromatic rings. The minimum atomic E-state index is -4.67. The summed E-state index contributed by atoms with van der Waals surface area (Å²) in [4.78, 5) is 11.5. The van der Waals surface area contributed by atoms with E-state index in [2.05, 4.69) is 0 Å². The molecule has 3 aromatic carbocycles. The summed E-state index contributed by atoms with van der Waals surface area (Å²) in [6.07, 6.45) is -4.67. The number of benzene rings is 3. The molecular formula is C21H16F3NO4S. The maximum atomic E-state index is 12.9. The maximum Gasteiger partial charge on any atom is 0.416 e. The first kappa shape index (κ1) is 21.5. The fourth-order valence-corrected chi connectivity index (χ4v) is 4.33. The third-order valence-electron chi connectivity index (χ3n) is 4.50. The fraction of sp³-hybridized carbons (Fsp3) is 0.0952. The fourth-order valence-electron chi connectivity index (χ4n) is 3.02. The van der Waals surface area contributed by atoms with Gasteiger partial charge in [0.2, 0.25) is 9.84 Å². The van der Waals surface area contributed by atoms with Gasteiger partial charge < -0.3 is 0 Å². The molecule has 2 N–H and O–H groups in total. The van der Waals surface area contributed by atoms with Gasteiger partial charge in [-0.1, -0.05) is 48.5 Å². The second kappa shape index (κ2) is 8.29. The highest BCUT2D eigenvalue weighted by Gasteiger charge is 2.32. The quantitative estimate of drug-likeness (QED) is 0.465. The molecule has 3 rings (SSSR count). The average Bonchev–Trinajstić information content (AvgIpc) is 2.74. The Balaban J connectivity index is 1.99. The van der Waals surface area contributed by atoms with Crippen molar-refractivity contribution in [3.63, 3.8) is 0 Å². The number of amides is 1. The third-order valence-corrected chi connectivity index (χ3v) is 6.27. The molecule has 9 heteroatoms. The summed E-state index contributed by atoms with van der Waals surface area (Å²) in [7, 11) is -4.20. The smallest absolute Gasteiger partial charge is 0.289 e. The molecule has 0 radical (unpaired) electrons. The third kappa shape index (κ3) is 4.37. The molecule has 0 bridgehead atoms. The molecule has 0 heterocycles. The zero-order valence-corrected chi connectivity index (χ0v) is 16.1. The van der Waals surface area contributed by atoms with Gasteiger partial charge in [-0.2, -0.15) is 13.2 Å². The Labute approximate surface area is 170 Å². The van der Waals surface area contributed by atoms with Crippen molar-refractivity contribution >= 4 is 15.7 Å². The Morgan fingerprint density at radius 1 is 0.833 bits per heavy atom. The summed E-state index contributed by atoms with van der Waals surface area (Å²) in [5.74, 6) is -1.61. The number of alkyl halides is 3. The van der Waals surface area contributed by atoms with Gasteiger partial charge in [-0.05, 0) is 41.5 Å². The number of sulfone groups is 1. The second-order valence-corrected chi connectivity index (χ2v) is 8.37. The predicted octanol–water partition coefficient (Wildman–Crippen LogP) is 4.18. The van der Waals surface area contributed by atoms with Crippen LogP contribution in [0.3, 0.4) is 0 Å². The molecule has 30 heavy (non-hydrogen) atoms. The van der Waals surface area contributed by atoms with E-state index < -0.39 is 38.3 Å². The molecule has 0 aliphatic heterocycles. The second-order valence-electron chi connectivity index (χ2n) is 6.42. The van der Waals surface area contributed by atoms with Crippen LogP contribution in [-0.2, 0) is 20.8 Å². The standard InChI is InChI=1S/C21H16F3NO4S/c22-21(23,24)16-7-4-8-18(13-16)30(28,29)17-11-9-15(10-12-17)19(20(26)25-27)14-5-2-1-3-6-14/h1-13,19,27H,(H,25,26). The summed E-state index contributed by atoms with van der Waals surface area (Å²) in [6.45, 7) is 0. The molecular weight excluding hydrogens is 419 g/mol. The van der Waals surface area contributed by atoms with Crippen molar-refractivity contribution in [2.75, 3.05) is 0 Å². The monoisotopic (exact) mass is 435 g/mol. The van der Waals surface area contributed by atoms with Gasteiger partial charge in [0.1, 0.15) is 0 Å². The van der Waals surface area contributed by atoms with Crippen LogP contribution in [0.25, 0.3) is 0 Å². The van der Waals surface area contributed by atoms with Crippen molar-refractivity contribution in [1.29, 1.82) is 0 Å². The lowest BCUT2D eigenvalue weighted by atomic mass is 9.91. The van der Waals surface area contributed by atoms with Crippen molar-refractivity contribution in [3.8, 4) is 0 Å². The summed E-state index contributed by atoms with van der Waals surface area (Å²) < 4.78 is 64.3. The minimum absolute atomic E-state index is 0.221. The van der Waals surface area contributed by atoms with Crippen LogP contribution < -0.4 is 5.48 Å². The zero-order chi connectivity index (χ0) is 21.9. The lowest BCUT2D eigenvalue weighted by Gasteiger charge is -2.16. The van der Waals surface area contributed by atoms with Gasteiger partial charge in [0, 0.05) is 0 Å². The Morgan fingerprint density at radius 2 is 1.43 bits per heavy atom. The van der Waals surface area contributed by atoms with Crippen LogP contribution in [0.5, 0.6) is 0 Å². The molecule has 1 unspecified atom stereocenters. The van der Waals surface area contributed by atoms with E-state index in [0.29, 0.717) is 17.2 Å². The Bertz CT molecular complexity index is 1140. The zero-order valence-electron chi connectivity index (χ0n) is 15.3. The first-order valence-corrected chi connectivity index (χ1v) is 10.1. The van der Waals surface area contributed by atoms with Gasteiger partial charge >= 0.3 is 6.18 Å². The predicted molar refractivity (Wildman–Crippen MR) is 102 cm³/mol. The van der Waals surface area contributed by atoms with E-state index in [4.69, 9.17) is 5.21 Å². The van der Waals surface area contributed by atoms with Crippen LogP contribution >= 0.6 is 0 Å². The maximum absolute atomic E-state index is 12.9. The van der Waals surface area contributed by atoms with Gasteiger partial charge in [0.25, 0.3) is 5.91 Å². The SMILES string of the molecule is O=C(NO)C(c1ccccc1)c1ccc(S(=O)(=O)c2cccc(C(F)(F)F)c2)cc1. The van der Waals surface area contributed by atoms with Gasteiger partial charge in [-0.15, -0.1) is 0 Å². The number of hydrogen-bond acceptors (Lipinski definition) is 4. The van der Waals surface area contributed by atoms with E-state index in [1.54, 1.807) is 35.8 Å². The lowest BCUT2D eigenvalue weighted by molar-refractivity contribution is -0.137. The van der Waals surface area contributed by atoms with E-state index in [1.807, 2.05) is 0 Å². The molecule has 0 fully saturated rings. The Kier molecular flexibility index (Phi) is 5.95. The van der Waals surface area contributed by atoms with Crippen LogP contribution in [-0.4, -0.2) is 19.5 Å². The van der Waals surface area contributed by atoms with E-state index in [-0.39, 0.29) is 4.90 Å². The number of carbonyl (C=O) groups excluding carboxylic acids is 1. The van der Waals surface area contributed by atoms with Crippen molar-refractivity contribution < 1.29 is 31.6 Å². The van der Waals surface area contributed by atoms with Crippen LogP contribution in [0, 0.1) is 0 Å². The van der Waals surface area contributed by atoms with Gasteiger partial charge in [0.15, 0.2) is 0 Å². The molecule has 0 saturated carbocycles. The van der Waals surface area contributed by atoms with E-state index in [1.165, 1.54) is 24.3 Å². The summed E-state index contributed by atoms with van der Waals surface area (Å²) in [6, 6.07) is 17.2. The average molecular weight is 435 g/mol. The van der Waals surface area contributed by atoms with Gasteiger partial charge in [-0.3, -0.25) is 10.0 Å². The van der Waals surface area contributed by atoms with Gasteiger partial charge in [0.05, 0.1) is 21.3 Å². The normalized spacial score (nSPS) is 12.9. The van der Waals surface area contributed by atoms with Crippen molar-refractivity contribution in [3.05, 3.63) is 95.6 Å². The molecule has 156 valence electrons. The van der Waals surface area contributed by atoms with E-state index in [0.717, 1.165) is 18.2 Å². The Morgan fingerprint density at radius 3 is 2.00 bits per heavy atom. The number of carbonyl (C=O) groups is 1. The summed E-state index contributed by atoms with van der Waals surface area (Å²) >= 11 is 0. The number of hydrogen-bond donors (Lipinski definition) is 2. The summed E-state index contributed by atoms with van der Waals surface area (Å²) in [5, 5.41) is 9.06. The molecule has 1 amide bonds.